The molecule has 0 aromatic carbocycles. The SMILES string of the molecule is CC(C)c1cc(C(=O)N[C@H](Cc2ccccn2)C2CC(O)C2)cs1. The highest BCUT2D eigenvalue weighted by molar-refractivity contribution is 7.10. The summed E-state index contributed by atoms with van der Waals surface area (Å²) in [5, 5.41) is 14.7. The molecular weight excluding hydrogens is 320 g/mol. The number of rotatable bonds is 6. The summed E-state index contributed by atoms with van der Waals surface area (Å²) in [4.78, 5) is 18.2. The van der Waals surface area contributed by atoms with Gasteiger partial charge in [0, 0.05) is 34.6 Å². The van der Waals surface area contributed by atoms with Crippen molar-refractivity contribution in [3.05, 3.63) is 52.0 Å². The predicted octanol–water partition coefficient (Wildman–Crippen LogP) is 3.38. The average molecular weight is 344 g/mol. The maximum Gasteiger partial charge on any atom is 0.252 e. The van der Waals surface area contributed by atoms with Gasteiger partial charge in [-0.15, -0.1) is 11.3 Å². The minimum Gasteiger partial charge on any atom is -0.393 e. The van der Waals surface area contributed by atoms with E-state index < -0.39 is 0 Å². The predicted molar refractivity (Wildman–Crippen MR) is 96.3 cm³/mol. The van der Waals surface area contributed by atoms with Gasteiger partial charge in [0.2, 0.25) is 0 Å². The monoisotopic (exact) mass is 344 g/mol. The number of carbonyl (C=O) groups is 1. The van der Waals surface area contributed by atoms with Gasteiger partial charge in [0.15, 0.2) is 0 Å². The smallest absolute Gasteiger partial charge is 0.252 e. The van der Waals surface area contributed by atoms with E-state index in [0.717, 1.165) is 24.1 Å². The van der Waals surface area contributed by atoms with Gasteiger partial charge >= 0.3 is 0 Å². The fraction of sp³-hybridized carbons (Fsp3) is 0.474. The summed E-state index contributed by atoms with van der Waals surface area (Å²) >= 11 is 1.63. The van der Waals surface area contributed by atoms with Crippen LogP contribution in [0, 0.1) is 5.92 Å². The van der Waals surface area contributed by atoms with E-state index in [9.17, 15) is 9.90 Å². The number of nitrogens with one attached hydrogen (secondary N) is 1. The van der Waals surface area contributed by atoms with Gasteiger partial charge in [-0.1, -0.05) is 19.9 Å². The Morgan fingerprint density at radius 2 is 2.21 bits per heavy atom. The number of amides is 1. The van der Waals surface area contributed by atoms with Crippen LogP contribution in [0.25, 0.3) is 0 Å². The largest absolute Gasteiger partial charge is 0.393 e. The Hall–Kier alpha value is -1.72. The van der Waals surface area contributed by atoms with Crippen molar-refractivity contribution >= 4 is 17.2 Å². The van der Waals surface area contributed by atoms with Gasteiger partial charge in [-0.05, 0) is 42.9 Å². The maximum absolute atomic E-state index is 12.6. The molecule has 2 heterocycles. The minimum atomic E-state index is -0.230. The number of pyridine rings is 1. The first kappa shape index (κ1) is 17.1. The van der Waals surface area contributed by atoms with Crippen LogP contribution in [0.4, 0.5) is 0 Å². The molecule has 1 aliphatic rings. The summed E-state index contributed by atoms with van der Waals surface area (Å²) in [6.07, 6.45) is 3.74. The molecule has 0 unspecified atom stereocenters. The minimum absolute atomic E-state index is 0.0122. The quantitative estimate of drug-likeness (QED) is 0.844. The van der Waals surface area contributed by atoms with E-state index in [1.165, 1.54) is 4.88 Å². The second-order valence-electron chi connectivity index (χ2n) is 6.88. The van der Waals surface area contributed by atoms with Crippen molar-refractivity contribution in [2.45, 2.75) is 51.2 Å². The van der Waals surface area contributed by atoms with Gasteiger partial charge in [-0.2, -0.15) is 0 Å². The Morgan fingerprint density at radius 1 is 1.42 bits per heavy atom. The fourth-order valence-electron chi connectivity index (χ4n) is 3.06. The molecule has 2 N–H and O–H groups in total. The number of aromatic nitrogens is 1. The summed E-state index contributed by atoms with van der Waals surface area (Å²) < 4.78 is 0. The highest BCUT2D eigenvalue weighted by Crippen LogP contribution is 2.32. The second-order valence-corrected chi connectivity index (χ2v) is 7.83. The van der Waals surface area contributed by atoms with Crippen molar-refractivity contribution < 1.29 is 9.90 Å². The molecule has 4 nitrogen and oxygen atoms in total. The van der Waals surface area contributed by atoms with Crippen LogP contribution in [0.2, 0.25) is 0 Å². The third-order valence-electron chi connectivity index (χ3n) is 4.64. The Kier molecular flexibility index (Phi) is 5.31. The van der Waals surface area contributed by atoms with Crippen molar-refractivity contribution in [2.75, 3.05) is 0 Å². The van der Waals surface area contributed by atoms with E-state index in [0.29, 0.717) is 18.3 Å². The summed E-state index contributed by atoms with van der Waals surface area (Å²) in [7, 11) is 0. The van der Waals surface area contributed by atoms with Gasteiger partial charge in [0.25, 0.3) is 5.91 Å². The average Bonchev–Trinajstić information content (AvgIpc) is 3.02. The number of thiophene rings is 1. The maximum atomic E-state index is 12.6. The van der Waals surface area contributed by atoms with E-state index in [1.807, 2.05) is 29.6 Å². The standard InChI is InChI=1S/C19H24N2O2S/c1-12(2)18-9-14(11-24-18)19(23)21-17(13-7-16(22)8-13)10-15-5-3-4-6-20-15/h3-6,9,11-13,16-17,22H,7-8,10H2,1-2H3,(H,21,23)/t13?,16?,17-/m1/s1. The molecule has 0 saturated heterocycles. The van der Waals surface area contributed by atoms with Crippen LogP contribution < -0.4 is 5.32 Å². The highest BCUT2D eigenvalue weighted by Gasteiger charge is 2.35. The third kappa shape index (κ3) is 4.02. The van der Waals surface area contributed by atoms with E-state index in [-0.39, 0.29) is 18.1 Å². The Bertz CT molecular complexity index is 678. The fourth-order valence-corrected chi connectivity index (χ4v) is 3.97. The van der Waals surface area contributed by atoms with Gasteiger partial charge < -0.3 is 10.4 Å². The van der Waals surface area contributed by atoms with Gasteiger partial charge in [-0.25, -0.2) is 0 Å². The van der Waals surface area contributed by atoms with Crippen LogP contribution in [0.3, 0.4) is 0 Å². The first-order valence-corrected chi connectivity index (χ1v) is 9.38. The number of carbonyl (C=O) groups excluding carboxylic acids is 1. The number of hydrogen-bond acceptors (Lipinski definition) is 4. The number of aliphatic hydroxyl groups excluding tert-OH is 1. The van der Waals surface area contributed by atoms with Crippen LogP contribution in [-0.4, -0.2) is 28.1 Å². The van der Waals surface area contributed by atoms with Crippen LogP contribution in [0.5, 0.6) is 0 Å². The van der Waals surface area contributed by atoms with E-state index >= 15 is 0 Å². The van der Waals surface area contributed by atoms with Gasteiger partial charge in [0.05, 0.1) is 11.7 Å². The van der Waals surface area contributed by atoms with Crippen molar-refractivity contribution in [1.82, 2.24) is 10.3 Å². The molecule has 1 aliphatic carbocycles. The molecule has 128 valence electrons. The molecule has 2 aromatic rings. The van der Waals surface area contributed by atoms with Crippen LogP contribution >= 0.6 is 11.3 Å². The Morgan fingerprint density at radius 3 is 2.79 bits per heavy atom. The van der Waals surface area contributed by atoms with Crippen molar-refractivity contribution in [3.8, 4) is 0 Å². The lowest BCUT2D eigenvalue weighted by atomic mass is 9.76. The molecule has 2 aromatic heterocycles. The topological polar surface area (TPSA) is 62.2 Å². The molecule has 1 atom stereocenters. The van der Waals surface area contributed by atoms with Crippen molar-refractivity contribution in [2.24, 2.45) is 5.92 Å². The molecule has 1 amide bonds. The van der Waals surface area contributed by atoms with Crippen LogP contribution in [0.15, 0.2) is 35.8 Å². The Balaban J connectivity index is 1.69. The molecule has 0 bridgehead atoms. The normalized spacial score (nSPS) is 21.3. The first-order chi connectivity index (χ1) is 11.5. The lowest BCUT2D eigenvalue weighted by Crippen LogP contribution is -2.48. The summed E-state index contributed by atoms with van der Waals surface area (Å²) in [5.41, 5.74) is 1.70. The zero-order valence-corrected chi connectivity index (χ0v) is 14.9. The van der Waals surface area contributed by atoms with E-state index in [2.05, 4.69) is 24.1 Å². The van der Waals surface area contributed by atoms with E-state index in [1.54, 1.807) is 17.5 Å². The summed E-state index contributed by atoms with van der Waals surface area (Å²) in [6.45, 7) is 4.26. The molecular formula is C19H24N2O2S. The van der Waals surface area contributed by atoms with Crippen molar-refractivity contribution in [3.63, 3.8) is 0 Å². The lowest BCUT2D eigenvalue weighted by Gasteiger charge is -2.38. The summed E-state index contributed by atoms with van der Waals surface area (Å²) in [6, 6.07) is 7.83. The lowest BCUT2D eigenvalue weighted by molar-refractivity contribution is 0.0238. The molecule has 0 spiro atoms. The zero-order chi connectivity index (χ0) is 17.1. The highest BCUT2D eigenvalue weighted by atomic mass is 32.1. The van der Waals surface area contributed by atoms with Crippen molar-refractivity contribution in [1.29, 1.82) is 0 Å². The number of hydrogen-bond donors (Lipinski definition) is 2. The van der Waals surface area contributed by atoms with Crippen LogP contribution in [0.1, 0.15) is 53.5 Å². The zero-order valence-electron chi connectivity index (χ0n) is 14.1. The molecule has 0 aliphatic heterocycles. The summed E-state index contributed by atoms with van der Waals surface area (Å²) in [5.74, 6) is 0.720. The molecule has 0 radical (unpaired) electrons. The van der Waals surface area contributed by atoms with Gasteiger partial charge in [0.1, 0.15) is 0 Å². The van der Waals surface area contributed by atoms with Gasteiger partial charge in [-0.3, -0.25) is 9.78 Å². The molecule has 1 fully saturated rings. The molecule has 3 rings (SSSR count). The number of nitrogens with zero attached hydrogens (tertiary/aromatic N) is 1. The third-order valence-corrected chi connectivity index (χ3v) is 5.87. The number of aliphatic hydroxyl groups is 1. The van der Waals surface area contributed by atoms with E-state index in [4.69, 9.17) is 0 Å². The Labute approximate surface area is 146 Å². The van der Waals surface area contributed by atoms with Crippen LogP contribution in [-0.2, 0) is 6.42 Å². The second kappa shape index (κ2) is 7.45. The molecule has 1 saturated carbocycles. The molecule has 24 heavy (non-hydrogen) atoms. The molecule has 5 heteroatoms. The first-order valence-electron chi connectivity index (χ1n) is 8.50.